The number of hydrogen-bond donors (Lipinski definition) is 2. The van der Waals surface area contributed by atoms with E-state index in [0.717, 1.165) is 19.5 Å². The van der Waals surface area contributed by atoms with Crippen molar-refractivity contribution in [1.82, 2.24) is 5.32 Å². The molecule has 0 bridgehead atoms. The van der Waals surface area contributed by atoms with E-state index in [0.29, 0.717) is 26.2 Å². The van der Waals surface area contributed by atoms with Crippen LogP contribution in [0.3, 0.4) is 0 Å². The van der Waals surface area contributed by atoms with Crippen LogP contribution in [-0.2, 0) is 22.8 Å². The summed E-state index contributed by atoms with van der Waals surface area (Å²) in [7, 11) is 0.607. The van der Waals surface area contributed by atoms with Crippen LogP contribution in [0.15, 0.2) is 0 Å². The summed E-state index contributed by atoms with van der Waals surface area (Å²) in [6.07, 6.45) is 1.60. The van der Waals surface area contributed by atoms with Gasteiger partial charge in [0.2, 0.25) is 0 Å². The number of rotatable bonds is 15. The van der Waals surface area contributed by atoms with Gasteiger partial charge in [0.05, 0.1) is 6.61 Å². The Labute approximate surface area is 136 Å². The minimum absolute atomic E-state index is 0.277. The molecule has 0 atom stereocenters. The summed E-state index contributed by atoms with van der Waals surface area (Å²) in [6, 6.07) is 0. The Morgan fingerprint density at radius 1 is 1.00 bits per heavy atom. The summed E-state index contributed by atoms with van der Waals surface area (Å²) in [5.41, 5.74) is 5.45. The third-order valence-corrected chi connectivity index (χ3v) is 5.64. The molecule has 7 nitrogen and oxygen atoms in total. The molecule has 134 valence electrons. The van der Waals surface area contributed by atoms with E-state index in [9.17, 15) is 0 Å². The van der Waals surface area contributed by atoms with Crippen molar-refractivity contribution in [3.05, 3.63) is 0 Å². The normalized spacial score (nSPS) is 12.8. The third kappa shape index (κ3) is 8.54. The van der Waals surface area contributed by atoms with Crippen LogP contribution in [0, 0.1) is 0 Å². The highest BCUT2D eigenvalue weighted by molar-refractivity contribution is 6.59. The van der Waals surface area contributed by atoms with Crippen molar-refractivity contribution in [3.63, 3.8) is 0 Å². The Morgan fingerprint density at radius 3 is 2.05 bits per heavy atom. The highest BCUT2D eigenvalue weighted by Gasteiger charge is 2.39. The number of ether oxygens (including phenoxy) is 2. The van der Waals surface area contributed by atoms with E-state index in [1.54, 1.807) is 14.2 Å². The lowest BCUT2D eigenvalue weighted by Crippen LogP contribution is -2.49. The van der Waals surface area contributed by atoms with Gasteiger partial charge >= 0.3 is 8.80 Å². The fourth-order valence-electron chi connectivity index (χ4n) is 2.08. The first-order valence-corrected chi connectivity index (χ1v) is 10.2. The van der Waals surface area contributed by atoms with Crippen molar-refractivity contribution in [2.24, 2.45) is 5.73 Å². The number of methoxy groups -OCH3 is 2. The van der Waals surface area contributed by atoms with Crippen molar-refractivity contribution in [3.8, 4) is 0 Å². The monoisotopic (exact) mass is 338 g/mol. The molecule has 0 heterocycles. The van der Waals surface area contributed by atoms with Gasteiger partial charge in [-0.3, -0.25) is 0 Å². The zero-order chi connectivity index (χ0) is 16.9. The fraction of sp³-hybridized carbons (Fsp3) is 1.00. The highest BCUT2D eigenvalue weighted by atomic mass is 28.4. The van der Waals surface area contributed by atoms with E-state index < -0.39 is 14.6 Å². The maximum atomic E-state index is 5.94. The molecule has 22 heavy (non-hydrogen) atoms. The van der Waals surface area contributed by atoms with Crippen LogP contribution in [0.25, 0.3) is 0 Å². The largest absolute Gasteiger partial charge is 0.497 e. The lowest BCUT2D eigenvalue weighted by atomic mass is 10.1. The number of nitrogens with two attached hydrogens (primary N) is 1. The van der Waals surface area contributed by atoms with Gasteiger partial charge in [0.15, 0.2) is 5.79 Å². The van der Waals surface area contributed by atoms with Crippen LogP contribution >= 0.6 is 0 Å². The van der Waals surface area contributed by atoms with Crippen LogP contribution in [0.4, 0.5) is 0 Å². The summed E-state index contributed by atoms with van der Waals surface area (Å²) in [5.74, 6) is -0.785. The molecule has 0 unspecified atom stereocenters. The molecule has 0 amide bonds. The molecule has 0 aromatic heterocycles. The first-order chi connectivity index (χ1) is 10.5. The van der Waals surface area contributed by atoms with Gasteiger partial charge in [-0.05, 0) is 26.8 Å². The van der Waals surface area contributed by atoms with Crippen molar-refractivity contribution >= 4 is 8.80 Å². The Balaban J connectivity index is 4.46. The third-order valence-electron chi connectivity index (χ3n) is 3.34. The van der Waals surface area contributed by atoms with Crippen molar-refractivity contribution < 1.29 is 22.8 Å². The first-order valence-electron chi connectivity index (χ1n) is 7.94. The van der Waals surface area contributed by atoms with Gasteiger partial charge in [0, 0.05) is 53.5 Å². The van der Waals surface area contributed by atoms with Crippen molar-refractivity contribution in [2.45, 2.75) is 39.0 Å². The zero-order valence-electron chi connectivity index (χ0n) is 14.8. The molecule has 0 saturated heterocycles. The van der Waals surface area contributed by atoms with Crippen LogP contribution in [-0.4, -0.2) is 68.3 Å². The molecule has 0 saturated carbocycles. The van der Waals surface area contributed by atoms with Crippen LogP contribution in [0.5, 0.6) is 0 Å². The molecule has 8 heteroatoms. The predicted octanol–water partition coefficient (Wildman–Crippen LogP) is 0.962. The minimum Gasteiger partial charge on any atom is -0.374 e. The summed E-state index contributed by atoms with van der Waals surface area (Å²) in [6.45, 7) is 9.43. The SMILES string of the molecule is CCO[Si](C)(OCC)OCC(CCCNCCN)(OC)OC. The topological polar surface area (TPSA) is 84.2 Å². The predicted molar refractivity (Wildman–Crippen MR) is 88.7 cm³/mol. The van der Waals surface area contributed by atoms with E-state index in [1.807, 2.05) is 20.4 Å². The smallest absolute Gasteiger partial charge is 0.374 e. The van der Waals surface area contributed by atoms with Gasteiger partial charge in [-0.15, -0.1) is 0 Å². The van der Waals surface area contributed by atoms with Gasteiger partial charge in [-0.2, -0.15) is 0 Å². The standard InChI is InChI=1S/C14H34N2O5Si/c1-6-19-22(5,20-7-2)21-13-14(17-3,18-4)9-8-11-16-12-10-15/h16H,6-13,15H2,1-5H3. The second-order valence-corrected chi connectivity index (χ2v) is 7.57. The number of nitrogens with one attached hydrogen (secondary N) is 1. The zero-order valence-corrected chi connectivity index (χ0v) is 15.8. The molecular formula is C14H34N2O5Si. The van der Waals surface area contributed by atoms with Crippen LogP contribution in [0.2, 0.25) is 6.55 Å². The highest BCUT2D eigenvalue weighted by Crippen LogP contribution is 2.22. The quantitative estimate of drug-likeness (QED) is 0.261. The van der Waals surface area contributed by atoms with Crippen molar-refractivity contribution in [1.29, 1.82) is 0 Å². The van der Waals surface area contributed by atoms with E-state index in [2.05, 4.69) is 5.32 Å². The molecule has 0 aliphatic rings. The van der Waals surface area contributed by atoms with Crippen molar-refractivity contribution in [2.75, 3.05) is 53.7 Å². The maximum absolute atomic E-state index is 5.94. The molecule has 0 aromatic carbocycles. The Kier molecular flexibility index (Phi) is 12.3. The average molecular weight is 339 g/mol. The fourth-order valence-corrected chi connectivity index (χ4v) is 3.86. The molecule has 0 aromatic rings. The maximum Gasteiger partial charge on any atom is 0.497 e. The molecule has 0 aliphatic carbocycles. The Bertz CT molecular complexity index is 262. The summed E-state index contributed by atoms with van der Waals surface area (Å²) in [4.78, 5) is 0. The summed E-state index contributed by atoms with van der Waals surface area (Å²) < 4.78 is 28.4. The van der Waals surface area contributed by atoms with E-state index in [-0.39, 0.29) is 6.61 Å². The molecule has 3 N–H and O–H groups in total. The Hall–Kier alpha value is -0.0631. The van der Waals surface area contributed by atoms with Gasteiger partial charge in [0.1, 0.15) is 0 Å². The first kappa shape index (κ1) is 21.9. The second-order valence-electron chi connectivity index (χ2n) is 4.98. The Morgan fingerprint density at radius 2 is 1.59 bits per heavy atom. The van der Waals surface area contributed by atoms with Crippen LogP contribution < -0.4 is 11.1 Å². The molecule has 0 spiro atoms. The molecule has 0 rings (SSSR count). The summed E-state index contributed by atoms with van der Waals surface area (Å²) in [5, 5.41) is 3.25. The molecule has 0 radical (unpaired) electrons. The lowest BCUT2D eigenvalue weighted by molar-refractivity contribution is -0.232. The summed E-state index contributed by atoms with van der Waals surface area (Å²) >= 11 is 0. The molecular weight excluding hydrogens is 304 g/mol. The minimum atomic E-state index is -2.64. The molecule has 0 fully saturated rings. The van der Waals surface area contributed by atoms with E-state index in [1.165, 1.54) is 0 Å². The average Bonchev–Trinajstić information content (AvgIpc) is 2.51. The van der Waals surface area contributed by atoms with Gasteiger partial charge < -0.3 is 33.8 Å². The van der Waals surface area contributed by atoms with E-state index >= 15 is 0 Å². The van der Waals surface area contributed by atoms with Gasteiger partial charge in [-0.25, -0.2) is 0 Å². The van der Waals surface area contributed by atoms with E-state index in [4.69, 9.17) is 28.5 Å². The van der Waals surface area contributed by atoms with Gasteiger partial charge in [0.25, 0.3) is 0 Å². The lowest BCUT2D eigenvalue weighted by Gasteiger charge is -2.34. The van der Waals surface area contributed by atoms with Crippen LogP contribution in [0.1, 0.15) is 26.7 Å². The second kappa shape index (κ2) is 12.4. The van der Waals surface area contributed by atoms with Gasteiger partial charge in [-0.1, -0.05) is 0 Å². The molecule has 0 aliphatic heterocycles. The number of hydrogen-bond acceptors (Lipinski definition) is 7.